The zero-order valence-electron chi connectivity index (χ0n) is 16.0. The van der Waals surface area contributed by atoms with E-state index in [1.54, 1.807) is 11.3 Å². The van der Waals surface area contributed by atoms with Gasteiger partial charge in [0.15, 0.2) is 5.60 Å². The van der Waals surface area contributed by atoms with Crippen LogP contribution in [-0.2, 0) is 5.60 Å². The Morgan fingerprint density at radius 3 is 1.93 bits per heavy atom. The minimum absolute atomic E-state index is 0.924. The number of rotatable bonds is 2. The smallest absolute Gasteiger partial charge is 0.151 e. The van der Waals surface area contributed by atoms with Crippen LogP contribution in [0.1, 0.15) is 27.1 Å². The van der Waals surface area contributed by atoms with Crippen LogP contribution in [0.2, 0.25) is 0 Å². The van der Waals surface area contributed by atoms with Gasteiger partial charge in [-0.1, -0.05) is 62.2 Å². The molecule has 5 rings (SSSR count). The first-order chi connectivity index (χ1) is 13.9. The van der Waals surface area contributed by atoms with Crippen LogP contribution < -0.4 is 0 Å². The van der Waals surface area contributed by atoms with Crippen molar-refractivity contribution < 1.29 is 5.11 Å². The van der Waals surface area contributed by atoms with Crippen molar-refractivity contribution >= 4 is 43.2 Å². The summed E-state index contributed by atoms with van der Waals surface area (Å²) in [6, 6.07) is 21.0. The number of hydrogen-bond donors (Lipinski definition) is 1. The van der Waals surface area contributed by atoms with E-state index in [0.29, 0.717) is 0 Å². The van der Waals surface area contributed by atoms with Crippen LogP contribution in [0.5, 0.6) is 0 Å². The molecular formula is C25H18Br2OS. The molecule has 0 saturated carbocycles. The number of hydrogen-bond acceptors (Lipinski definition) is 2. The molecule has 1 heterocycles. The minimum atomic E-state index is -1.19. The Hall–Kier alpha value is -1.72. The molecule has 0 saturated heterocycles. The third kappa shape index (κ3) is 2.89. The van der Waals surface area contributed by atoms with Gasteiger partial charge in [0.25, 0.3) is 0 Å². The molecule has 144 valence electrons. The molecule has 4 aromatic rings. The highest BCUT2D eigenvalue weighted by Crippen LogP contribution is 2.55. The molecule has 1 N–H and O–H groups in total. The van der Waals surface area contributed by atoms with Gasteiger partial charge >= 0.3 is 0 Å². The number of fused-ring (bicyclic) bond motifs is 3. The van der Waals surface area contributed by atoms with Crippen molar-refractivity contribution in [1.29, 1.82) is 0 Å². The molecule has 0 aliphatic heterocycles. The van der Waals surface area contributed by atoms with Crippen LogP contribution in [0.15, 0.2) is 75.0 Å². The van der Waals surface area contributed by atoms with Crippen molar-refractivity contribution in [2.45, 2.75) is 19.4 Å². The molecule has 1 nitrogen and oxygen atoms in total. The topological polar surface area (TPSA) is 20.2 Å². The van der Waals surface area contributed by atoms with E-state index in [2.05, 4.69) is 87.5 Å². The molecule has 0 atom stereocenters. The van der Waals surface area contributed by atoms with Crippen LogP contribution in [0.25, 0.3) is 22.3 Å². The van der Waals surface area contributed by atoms with E-state index in [9.17, 15) is 5.11 Å². The van der Waals surface area contributed by atoms with Crippen molar-refractivity contribution in [1.82, 2.24) is 0 Å². The molecule has 0 radical (unpaired) electrons. The van der Waals surface area contributed by atoms with Crippen LogP contribution >= 0.6 is 43.2 Å². The first-order valence-corrected chi connectivity index (χ1v) is 11.8. The quantitative estimate of drug-likeness (QED) is 0.283. The van der Waals surface area contributed by atoms with Gasteiger partial charge in [0.05, 0.1) is 4.88 Å². The van der Waals surface area contributed by atoms with Gasteiger partial charge in [0.2, 0.25) is 0 Å². The Kier molecular flexibility index (Phi) is 4.59. The molecule has 0 amide bonds. The molecule has 1 aliphatic rings. The van der Waals surface area contributed by atoms with E-state index < -0.39 is 5.60 Å². The van der Waals surface area contributed by atoms with Gasteiger partial charge in [-0.05, 0) is 82.9 Å². The summed E-state index contributed by atoms with van der Waals surface area (Å²) in [6.07, 6.45) is 0. The van der Waals surface area contributed by atoms with E-state index in [1.165, 1.54) is 11.1 Å². The van der Waals surface area contributed by atoms with Crippen molar-refractivity contribution in [3.05, 3.63) is 102 Å². The monoisotopic (exact) mass is 524 g/mol. The highest BCUT2D eigenvalue weighted by atomic mass is 79.9. The molecule has 1 aromatic heterocycles. The first-order valence-electron chi connectivity index (χ1n) is 9.38. The van der Waals surface area contributed by atoms with Gasteiger partial charge < -0.3 is 5.11 Å². The van der Waals surface area contributed by atoms with Gasteiger partial charge in [-0.2, -0.15) is 0 Å². The summed E-state index contributed by atoms with van der Waals surface area (Å²) in [5.74, 6) is 0. The Morgan fingerprint density at radius 1 is 0.724 bits per heavy atom. The SMILES string of the molecule is Cc1ccc(-c2ccsc2C2(O)c3cc(Br)ccc3-c3ccc(Br)cc32)cc1C. The minimum Gasteiger partial charge on any atom is -0.375 e. The lowest BCUT2D eigenvalue weighted by Gasteiger charge is -2.27. The number of aryl methyl sites for hydroxylation is 2. The Balaban J connectivity index is 1.81. The number of halogens is 2. The van der Waals surface area contributed by atoms with Gasteiger partial charge in [-0.3, -0.25) is 0 Å². The molecule has 0 spiro atoms. The fourth-order valence-electron chi connectivity index (χ4n) is 4.22. The maximum atomic E-state index is 12.3. The Labute approximate surface area is 191 Å². The molecule has 4 heteroatoms. The fourth-order valence-corrected chi connectivity index (χ4v) is 5.98. The second-order valence-corrected chi connectivity index (χ2v) is 10.3. The molecule has 29 heavy (non-hydrogen) atoms. The summed E-state index contributed by atoms with van der Waals surface area (Å²) in [5.41, 5.74) is 7.56. The number of thiophene rings is 1. The van der Waals surface area contributed by atoms with E-state index in [0.717, 1.165) is 47.2 Å². The lowest BCUT2D eigenvalue weighted by molar-refractivity contribution is 0.135. The molecule has 0 unspecified atom stereocenters. The van der Waals surface area contributed by atoms with Crippen LogP contribution in [0, 0.1) is 13.8 Å². The summed E-state index contributed by atoms with van der Waals surface area (Å²) in [6.45, 7) is 4.26. The van der Waals surface area contributed by atoms with Crippen LogP contribution in [0.4, 0.5) is 0 Å². The maximum Gasteiger partial charge on any atom is 0.151 e. The van der Waals surface area contributed by atoms with E-state index in [-0.39, 0.29) is 0 Å². The first kappa shape index (κ1) is 19.3. The van der Waals surface area contributed by atoms with Crippen molar-refractivity contribution in [2.24, 2.45) is 0 Å². The highest BCUT2D eigenvalue weighted by Gasteiger charge is 2.45. The largest absolute Gasteiger partial charge is 0.375 e. The van der Waals surface area contributed by atoms with Gasteiger partial charge in [-0.25, -0.2) is 0 Å². The summed E-state index contributed by atoms with van der Waals surface area (Å²) < 4.78 is 1.93. The fraction of sp³-hybridized carbons (Fsp3) is 0.120. The van der Waals surface area contributed by atoms with Gasteiger partial charge in [-0.15, -0.1) is 11.3 Å². The average molecular weight is 526 g/mol. The lowest BCUT2D eigenvalue weighted by Crippen LogP contribution is -2.25. The molecule has 1 aliphatic carbocycles. The Bertz CT molecular complexity index is 1220. The van der Waals surface area contributed by atoms with Crippen molar-refractivity contribution in [3.63, 3.8) is 0 Å². The van der Waals surface area contributed by atoms with E-state index in [4.69, 9.17) is 0 Å². The summed E-state index contributed by atoms with van der Waals surface area (Å²) in [4.78, 5) is 0.956. The number of aliphatic hydroxyl groups is 1. The lowest BCUT2D eigenvalue weighted by atomic mass is 9.86. The Morgan fingerprint density at radius 2 is 1.34 bits per heavy atom. The summed E-state index contributed by atoms with van der Waals surface area (Å²) in [5, 5.41) is 14.4. The summed E-state index contributed by atoms with van der Waals surface area (Å²) in [7, 11) is 0. The average Bonchev–Trinajstić information content (AvgIpc) is 3.27. The normalized spacial score (nSPS) is 14.0. The standard InChI is InChI=1S/C25H18Br2OS/c1-14-3-4-16(11-15(14)2)19-9-10-29-24(19)25(28)22-12-17(26)5-7-20(22)21-8-6-18(27)13-23(21)25/h3-13,28H,1-2H3. The second kappa shape index (κ2) is 6.92. The third-order valence-electron chi connectivity index (χ3n) is 5.84. The molecule has 0 bridgehead atoms. The van der Waals surface area contributed by atoms with Crippen LogP contribution in [-0.4, -0.2) is 5.11 Å². The number of benzene rings is 3. The van der Waals surface area contributed by atoms with E-state index >= 15 is 0 Å². The molecular weight excluding hydrogens is 508 g/mol. The van der Waals surface area contributed by atoms with Gasteiger partial charge in [0.1, 0.15) is 0 Å². The predicted molar refractivity (Wildman–Crippen MR) is 129 cm³/mol. The van der Waals surface area contributed by atoms with E-state index in [1.807, 2.05) is 24.3 Å². The zero-order chi connectivity index (χ0) is 20.3. The zero-order valence-corrected chi connectivity index (χ0v) is 20.0. The van der Waals surface area contributed by atoms with Crippen LogP contribution in [0.3, 0.4) is 0 Å². The van der Waals surface area contributed by atoms with Crippen molar-refractivity contribution in [2.75, 3.05) is 0 Å². The third-order valence-corrected chi connectivity index (χ3v) is 7.85. The molecule has 3 aromatic carbocycles. The second-order valence-electron chi connectivity index (χ2n) is 7.55. The van der Waals surface area contributed by atoms with Gasteiger partial charge in [0, 0.05) is 20.1 Å². The van der Waals surface area contributed by atoms with Crippen molar-refractivity contribution in [3.8, 4) is 22.3 Å². The summed E-state index contributed by atoms with van der Waals surface area (Å²) >= 11 is 8.81. The molecule has 0 fully saturated rings. The predicted octanol–water partition coefficient (Wildman–Crippen LogP) is 7.82. The maximum absolute atomic E-state index is 12.3. The highest BCUT2D eigenvalue weighted by molar-refractivity contribution is 9.10.